The molecule has 0 fully saturated rings. The first kappa shape index (κ1) is 16.9. The Labute approximate surface area is 292 Å². The van der Waals surface area contributed by atoms with Crippen molar-refractivity contribution in [3.8, 4) is 50.5 Å². The maximum Gasteiger partial charge on any atom is 0.145 e. The smallest absolute Gasteiger partial charge is 0.145 e. The summed E-state index contributed by atoms with van der Waals surface area (Å²) in [6.07, 6.45) is 0. The van der Waals surface area contributed by atoms with Crippen molar-refractivity contribution in [2.75, 3.05) is 0 Å². The largest absolute Gasteiger partial charge is 0.292 e. The fourth-order valence-electron chi connectivity index (χ4n) is 6.30. The molecule has 0 amide bonds. The highest BCUT2D eigenvalue weighted by Crippen LogP contribution is 2.44. The van der Waals surface area contributed by atoms with Crippen LogP contribution in [0.1, 0.15) is 17.8 Å². The van der Waals surface area contributed by atoms with E-state index in [0.29, 0.717) is 27.8 Å². The fourth-order valence-corrected chi connectivity index (χ4v) is 6.30. The molecule has 9 aromatic rings. The molecule has 0 bridgehead atoms. The molecular formula is C45H30N2. The molecule has 0 aliphatic heterocycles. The first-order valence-corrected chi connectivity index (χ1v) is 15.0. The summed E-state index contributed by atoms with van der Waals surface area (Å²) in [5, 5.41) is 0.211. The van der Waals surface area contributed by atoms with Gasteiger partial charge in [-0.2, -0.15) is 0 Å². The van der Waals surface area contributed by atoms with E-state index in [1.54, 1.807) is 65.2 Å². The lowest BCUT2D eigenvalue weighted by atomic mass is 9.85. The van der Waals surface area contributed by atoms with E-state index in [1.165, 1.54) is 0 Å². The van der Waals surface area contributed by atoms with E-state index in [1.807, 2.05) is 42.5 Å². The molecular weight excluding hydrogens is 569 g/mol. The zero-order valence-electron chi connectivity index (χ0n) is 37.7. The first-order valence-electron chi connectivity index (χ1n) is 21.5. The molecule has 0 aliphatic carbocycles. The van der Waals surface area contributed by atoms with Crippen molar-refractivity contribution in [2.24, 2.45) is 0 Å². The third-order valence-electron chi connectivity index (χ3n) is 8.31. The second kappa shape index (κ2) is 11.3. The van der Waals surface area contributed by atoms with Gasteiger partial charge in [0.1, 0.15) is 5.82 Å². The van der Waals surface area contributed by atoms with Crippen LogP contribution in [0.5, 0.6) is 0 Å². The molecule has 47 heavy (non-hydrogen) atoms. The molecule has 0 saturated carbocycles. The second-order valence-electron chi connectivity index (χ2n) is 11.0. The summed E-state index contributed by atoms with van der Waals surface area (Å²) >= 11 is 0. The average Bonchev–Trinajstić information content (AvgIpc) is 3.65. The Balaban J connectivity index is 1.44. The molecule has 1 aromatic heterocycles. The van der Waals surface area contributed by atoms with E-state index in [0.717, 1.165) is 11.1 Å². The fraction of sp³-hybridized carbons (Fsp3) is 0. The molecule has 9 rings (SSSR count). The Bertz CT molecular complexity index is 3200. The van der Waals surface area contributed by atoms with Crippen LogP contribution in [-0.4, -0.2) is 9.55 Å². The van der Waals surface area contributed by atoms with Crippen LogP contribution in [0, 0.1) is 0 Å². The molecule has 0 N–H and O–H groups in total. The quantitative estimate of drug-likeness (QED) is 0.177. The zero-order chi connectivity index (χ0) is 42.5. The highest BCUT2D eigenvalue weighted by molar-refractivity contribution is 6.21. The third-order valence-corrected chi connectivity index (χ3v) is 8.31. The minimum Gasteiger partial charge on any atom is -0.292 e. The SMILES string of the molecule is [2H]c1c([2H])c([2H])c(-c2nc3ccccc3n2-c2cccc(-c3c4c([2H])c([2H])c([2H])c([2H])c4c(-c4cccc(-c5ccccc5)c4)c4c([2H])c([2H])c([2H])c([2H])c34)c2)c([2H])c1[2H]. The van der Waals surface area contributed by atoms with Gasteiger partial charge in [-0.3, -0.25) is 4.57 Å². The highest BCUT2D eigenvalue weighted by Gasteiger charge is 2.19. The minimum absolute atomic E-state index is 0.0390. The van der Waals surface area contributed by atoms with Crippen LogP contribution in [0.25, 0.3) is 83.0 Å². The van der Waals surface area contributed by atoms with Gasteiger partial charge in [-0.25, -0.2) is 4.98 Å². The Morgan fingerprint density at radius 2 is 0.957 bits per heavy atom. The standard InChI is InChI=1S/C45H30N2/c1-3-15-31(16-4-1)33-19-13-20-34(29-33)43-37-23-7-9-25-39(37)44(40-26-10-8-24-38(40)43)35-21-14-22-36(30-35)47-42-28-12-11-27-41(42)46-45(47)32-17-5-2-6-18-32/h1-30H/i2D,5D,6D,7D,8D,9D,10D,17D,18D,23D,24D,25D,26D. The minimum atomic E-state index is -0.554. The molecule has 220 valence electrons. The first-order chi connectivity index (χ1) is 28.7. The van der Waals surface area contributed by atoms with Crippen LogP contribution in [0.15, 0.2) is 182 Å². The number of hydrogen-bond donors (Lipinski definition) is 0. The van der Waals surface area contributed by atoms with Gasteiger partial charge in [0.05, 0.1) is 28.9 Å². The molecule has 1 heterocycles. The van der Waals surface area contributed by atoms with Crippen LogP contribution in [0.2, 0.25) is 0 Å². The Kier molecular flexibility index (Phi) is 4.05. The van der Waals surface area contributed by atoms with Crippen molar-refractivity contribution in [1.82, 2.24) is 9.55 Å². The van der Waals surface area contributed by atoms with Crippen molar-refractivity contribution in [2.45, 2.75) is 0 Å². The molecule has 0 unspecified atom stereocenters. The normalized spacial score (nSPS) is 15.3. The van der Waals surface area contributed by atoms with E-state index in [4.69, 9.17) is 17.3 Å². The summed E-state index contributed by atoms with van der Waals surface area (Å²) in [7, 11) is 0. The van der Waals surface area contributed by atoms with Crippen LogP contribution >= 0.6 is 0 Å². The number of para-hydroxylation sites is 2. The average molecular weight is 612 g/mol. The molecule has 0 atom stereocenters. The van der Waals surface area contributed by atoms with Gasteiger partial charge in [0, 0.05) is 11.3 Å². The maximum atomic E-state index is 9.41. The van der Waals surface area contributed by atoms with Gasteiger partial charge in [-0.15, -0.1) is 0 Å². The number of fused-ring (bicyclic) bond motifs is 3. The van der Waals surface area contributed by atoms with Gasteiger partial charge < -0.3 is 0 Å². The molecule has 2 nitrogen and oxygen atoms in total. The molecule has 0 aliphatic rings. The van der Waals surface area contributed by atoms with Crippen molar-refractivity contribution < 1.29 is 17.8 Å². The van der Waals surface area contributed by atoms with E-state index >= 15 is 0 Å². The number of imidazole rings is 1. The molecule has 8 aromatic carbocycles. The third kappa shape index (κ3) is 4.62. The van der Waals surface area contributed by atoms with Gasteiger partial charge in [0.15, 0.2) is 0 Å². The van der Waals surface area contributed by atoms with E-state index < -0.39 is 66.5 Å². The number of rotatable bonds is 5. The lowest BCUT2D eigenvalue weighted by molar-refractivity contribution is 1.10. The topological polar surface area (TPSA) is 17.8 Å². The summed E-state index contributed by atoms with van der Waals surface area (Å²) in [6, 6.07) is 24.4. The maximum absolute atomic E-state index is 9.41. The Morgan fingerprint density at radius 1 is 0.426 bits per heavy atom. The van der Waals surface area contributed by atoms with Gasteiger partial charge in [-0.1, -0.05) is 151 Å². The monoisotopic (exact) mass is 611 g/mol. The molecule has 2 heteroatoms. The van der Waals surface area contributed by atoms with Gasteiger partial charge in [-0.05, 0) is 85.3 Å². The van der Waals surface area contributed by atoms with E-state index in [2.05, 4.69) is 0 Å². The summed E-state index contributed by atoms with van der Waals surface area (Å²) in [6.45, 7) is 0. The van der Waals surface area contributed by atoms with Gasteiger partial charge in [0.2, 0.25) is 0 Å². The number of nitrogens with zero attached hydrogens (tertiary/aromatic N) is 2. The van der Waals surface area contributed by atoms with E-state index in [-0.39, 0.29) is 56.1 Å². The number of benzene rings is 8. The zero-order valence-corrected chi connectivity index (χ0v) is 24.7. The summed E-state index contributed by atoms with van der Waals surface area (Å²) in [4.78, 5) is 4.76. The Hall–Kier alpha value is -6.25. The van der Waals surface area contributed by atoms with Crippen LogP contribution in [0.3, 0.4) is 0 Å². The van der Waals surface area contributed by atoms with Crippen LogP contribution in [-0.2, 0) is 0 Å². The van der Waals surface area contributed by atoms with Crippen molar-refractivity contribution in [3.05, 3.63) is 182 Å². The summed E-state index contributed by atoms with van der Waals surface area (Å²) < 4.78 is 117. The Morgan fingerprint density at radius 3 is 1.64 bits per heavy atom. The van der Waals surface area contributed by atoms with Gasteiger partial charge in [0.25, 0.3) is 0 Å². The highest BCUT2D eigenvalue weighted by atomic mass is 15.1. The molecule has 0 spiro atoms. The summed E-state index contributed by atoms with van der Waals surface area (Å²) in [5.41, 5.74) is 4.08. The second-order valence-corrected chi connectivity index (χ2v) is 11.0. The van der Waals surface area contributed by atoms with Crippen molar-refractivity contribution >= 4 is 32.6 Å². The van der Waals surface area contributed by atoms with Gasteiger partial charge >= 0.3 is 0 Å². The lowest BCUT2D eigenvalue weighted by Gasteiger charge is -2.19. The predicted octanol–water partition coefficient (Wildman–Crippen LogP) is 12.0. The van der Waals surface area contributed by atoms with Crippen LogP contribution < -0.4 is 0 Å². The van der Waals surface area contributed by atoms with Crippen LogP contribution in [0.4, 0.5) is 0 Å². The lowest BCUT2D eigenvalue weighted by Crippen LogP contribution is -1.98. The predicted molar refractivity (Wildman–Crippen MR) is 198 cm³/mol. The number of hydrogen-bond acceptors (Lipinski definition) is 1. The van der Waals surface area contributed by atoms with E-state index in [9.17, 15) is 5.48 Å². The summed E-state index contributed by atoms with van der Waals surface area (Å²) in [5.74, 6) is 0.0533. The molecule has 0 radical (unpaired) electrons. The molecule has 0 saturated heterocycles. The van der Waals surface area contributed by atoms with Crippen molar-refractivity contribution in [1.29, 1.82) is 0 Å². The van der Waals surface area contributed by atoms with Crippen molar-refractivity contribution in [3.63, 3.8) is 0 Å². The number of aromatic nitrogens is 2.